The van der Waals surface area contributed by atoms with Gasteiger partial charge in [0.05, 0.1) is 12.7 Å². The van der Waals surface area contributed by atoms with E-state index in [9.17, 15) is 0 Å². The zero-order chi connectivity index (χ0) is 11.4. The maximum absolute atomic E-state index is 5.77. The lowest BCUT2D eigenvalue weighted by molar-refractivity contribution is 0.0597. The van der Waals surface area contributed by atoms with Crippen molar-refractivity contribution >= 4 is 0 Å². The quantitative estimate of drug-likeness (QED) is 0.609. The van der Waals surface area contributed by atoms with E-state index in [0.717, 1.165) is 31.0 Å². The molecule has 1 unspecified atom stereocenters. The average Bonchev–Trinajstić information content (AvgIpc) is 3.12. The van der Waals surface area contributed by atoms with E-state index in [1.54, 1.807) is 0 Å². The van der Waals surface area contributed by atoms with Crippen molar-refractivity contribution in [1.29, 1.82) is 0 Å². The number of hydrogen-bond donors (Lipinski definition) is 1. The van der Waals surface area contributed by atoms with Crippen LogP contribution >= 0.6 is 0 Å². The van der Waals surface area contributed by atoms with Gasteiger partial charge in [-0.1, -0.05) is 13.3 Å². The molecule has 0 aromatic carbocycles. The van der Waals surface area contributed by atoms with Crippen LogP contribution in [0.15, 0.2) is 0 Å². The third kappa shape index (κ3) is 4.06. The van der Waals surface area contributed by atoms with Gasteiger partial charge in [-0.3, -0.25) is 0 Å². The maximum Gasteiger partial charge on any atom is 0.0594 e. The van der Waals surface area contributed by atoms with E-state index >= 15 is 0 Å². The highest BCUT2D eigenvalue weighted by Gasteiger charge is 2.40. The van der Waals surface area contributed by atoms with Crippen molar-refractivity contribution in [3.05, 3.63) is 0 Å². The van der Waals surface area contributed by atoms with Gasteiger partial charge in [-0.05, 0) is 50.9 Å². The summed E-state index contributed by atoms with van der Waals surface area (Å²) in [6.45, 7) is 6.33. The van der Waals surface area contributed by atoms with Gasteiger partial charge in [-0.15, -0.1) is 0 Å². The van der Waals surface area contributed by atoms with Crippen LogP contribution in [0.1, 0.15) is 52.4 Å². The lowest BCUT2D eigenvalue weighted by Gasteiger charge is -2.18. The van der Waals surface area contributed by atoms with Gasteiger partial charge in [0.15, 0.2) is 0 Å². The van der Waals surface area contributed by atoms with Gasteiger partial charge in [0.2, 0.25) is 0 Å². The highest BCUT2D eigenvalue weighted by atomic mass is 16.5. The number of ether oxygens (including phenoxy) is 1. The second-order valence-electron chi connectivity index (χ2n) is 5.62. The number of nitrogens with one attached hydrogen (secondary N) is 1. The number of rotatable bonds is 9. The Bertz CT molecular complexity index is 187. The summed E-state index contributed by atoms with van der Waals surface area (Å²) < 4.78 is 5.77. The molecule has 2 aliphatic carbocycles. The van der Waals surface area contributed by atoms with Gasteiger partial charge in [0.1, 0.15) is 0 Å². The fourth-order valence-electron chi connectivity index (χ4n) is 2.60. The summed E-state index contributed by atoms with van der Waals surface area (Å²) in [5.74, 6) is 2.00. The van der Waals surface area contributed by atoms with Crippen LogP contribution in [0.25, 0.3) is 0 Å². The Morgan fingerprint density at radius 3 is 2.31 bits per heavy atom. The number of hydrogen-bond acceptors (Lipinski definition) is 2. The second kappa shape index (κ2) is 6.02. The molecule has 2 nitrogen and oxygen atoms in total. The lowest BCUT2D eigenvalue weighted by atomic mass is 10.1. The first-order valence-corrected chi connectivity index (χ1v) is 7.16. The van der Waals surface area contributed by atoms with Gasteiger partial charge < -0.3 is 10.1 Å². The van der Waals surface area contributed by atoms with E-state index < -0.39 is 0 Å². The van der Waals surface area contributed by atoms with Crippen LogP contribution < -0.4 is 5.32 Å². The summed E-state index contributed by atoms with van der Waals surface area (Å²) in [6, 6.07) is 0.824. The fourth-order valence-corrected chi connectivity index (χ4v) is 2.60. The Balaban J connectivity index is 1.52. The first kappa shape index (κ1) is 12.4. The van der Waals surface area contributed by atoms with Gasteiger partial charge in [0, 0.05) is 12.6 Å². The molecule has 0 bridgehead atoms. The molecule has 2 saturated carbocycles. The van der Waals surface area contributed by atoms with Crippen molar-refractivity contribution in [2.75, 3.05) is 13.2 Å². The summed E-state index contributed by atoms with van der Waals surface area (Å²) in [5, 5.41) is 3.72. The van der Waals surface area contributed by atoms with Gasteiger partial charge in [0.25, 0.3) is 0 Å². The molecule has 0 amide bonds. The summed E-state index contributed by atoms with van der Waals surface area (Å²) in [4.78, 5) is 0. The molecule has 94 valence electrons. The molecule has 2 aliphatic rings. The van der Waals surface area contributed by atoms with Crippen LogP contribution in [0.4, 0.5) is 0 Å². The molecule has 2 rings (SSSR count). The minimum atomic E-state index is 0.437. The van der Waals surface area contributed by atoms with E-state index in [-0.39, 0.29) is 0 Å². The van der Waals surface area contributed by atoms with Crippen molar-refractivity contribution in [2.45, 2.75) is 64.5 Å². The molecule has 0 heterocycles. The standard InChI is InChI=1S/C14H27NO/c1-3-4-11(2)16-10-9-15-14(12-5-6-12)13-7-8-13/h11-15H,3-10H2,1-2H3. The maximum atomic E-state index is 5.77. The molecule has 0 aromatic heterocycles. The fraction of sp³-hybridized carbons (Fsp3) is 1.00. The predicted octanol–water partition coefficient (Wildman–Crippen LogP) is 2.97. The van der Waals surface area contributed by atoms with Crippen molar-refractivity contribution in [3.8, 4) is 0 Å². The van der Waals surface area contributed by atoms with Crippen molar-refractivity contribution in [2.24, 2.45) is 11.8 Å². The Morgan fingerprint density at radius 1 is 1.19 bits per heavy atom. The molecule has 1 N–H and O–H groups in total. The van der Waals surface area contributed by atoms with Gasteiger partial charge >= 0.3 is 0 Å². The zero-order valence-corrected chi connectivity index (χ0v) is 10.9. The van der Waals surface area contributed by atoms with Crippen LogP contribution in [-0.4, -0.2) is 25.3 Å². The van der Waals surface area contributed by atoms with Crippen LogP contribution in [0.5, 0.6) is 0 Å². The Labute approximate surface area is 100 Å². The van der Waals surface area contributed by atoms with Gasteiger partial charge in [-0.2, -0.15) is 0 Å². The SMILES string of the molecule is CCCC(C)OCCNC(C1CC1)C1CC1. The molecular weight excluding hydrogens is 198 g/mol. The Hall–Kier alpha value is -0.0800. The zero-order valence-electron chi connectivity index (χ0n) is 10.9. The normalized spacial score (nSPS) is 22.7. The van der Waals surface area contributed by atoms with Crippen LogP contribution in [0.2, 0.25) is 0 Å². The predicted molar refractivity (Wildman–Crippen MR) is 67.6 cm³/mol. The largest absolute Gasteiger partial charge is 0.377 e. The smallest absolute Gasteiger partial charge is 0.0594 e. The molecule has 0 aliphatic heterocycles. The molecule has 2 heteroatoms. The third-order valence-corrected chi connectivity index (χ3v) is 3.84. The monoisotopic (exact) mass is 225 g/mol. The molecular formula is C14H27NO. The molecule has 0 radical (unpaired) electrons. The minimum absolute atomic E-state index is 0.437. The average molecular weight is 225 g/mol. The van der Waals surface area contributed by atoms with E-state index in [1.807, 2.05) is 0 Å². The highest BCUT2D eigenvalue weighted by Crippen LogP contribution is 2.44. The lowest BCUT2D eigenvalue weighted by Crippen LogP contribution is -2.36. The first-order valence-electron chi connectivity index (χ1n) is 7.16. The topological polar surface area (TPSA) is 21.3 Å². The third-order valence-electron chi connectivity index (χ3n) is 3.84. The van der Waals surface area contributed by atoms with E-state index in [2.05, 4.69) is 19.2 Å². The van der Waals surface area contributed by atoms with E-state index in [4.69, 9.17) is 4.74 Å². The second-order valence-corrected chi connectivity index (χ2v) is 5.62. The highest BCUT2D eigenvalue weighted by molar-refractivity contribution is 4.96. The summed E-state index contributed by atoms with van der Waals surface area (Å²) in [6.07, 6.45) is 8.69. The summed E-state index contributed by atoms with van der Waals surface area (Å²) in [5.41, 5.74) is 0. The minimum Gasteiger partial charge on any atom is -0.377 e. The molecule has 1 atom stereocenters. The Kier molecular flexibility index (Phi) is 4.66. The summed E-state index contributed by atoms with van der Waals surface area (Å²) in [7, 11) is 0. The van der Waals surface area contributed by atoms with Crippen LogP contribution in [0.3, 0.4) is 0 Å². The first-order chi connectivity index (χ1) is 7.81. The molecule has 0 saturated heterocycles. The molecule has 16 heavy (non-hydrogen) atoms. The Morgan fingerprint density at radius 2 is 1.81 bits per heavy atom. The van der Waals surface area contributed by atoms with Gasteiger partial charge in [-0.25, -0.2) is 0 Å². The van der Waals surface area contributed by atoms with Crippen molar-refractivity contribution in [3.63, 3.8) is 0 Å². The van der Waals surface area contributed by atoms with E-state index in [1.165, 1.54) is 38.5 Å². The van der Waals surface area contributed by atoms with Crippen molar-refractivity contribution in [1.82, 2.24) is 5.32 Å². The molecule has 0 spiro atoms. The van der Waals surface area contributed by atoms with Crippen LogP contribution in [0, 0.1) is 11.8 Å². The molecule has 2 fully saturated rings. The van der Waals surface area contributed by atoms with E-state index in [0.29, 0.717) is 6.10 Å². The van der Waals surface area contributed by atoms with Crippen molar-refractivity contribution < 1.29 is 4.74 Å². The molecule has 0 aromatic rings. The van der Waals surface area contributed by atoms with Crippen LogP contribution in [-0.2, 0) is 4.74 Å². The summed E-state index contributed by atoms with van der Waals surface area (Å²) >= 11 is 0.